The fourth-order valence-corrected chi connectivity index (χ4v) is 10.1. The van der Waals surface area contributed by atoms with Gasteiger partial charge in [0.25, 0.3) is 0 Å². The molecule has 0 unspecified atom stereocenters. The number of ketones is 2. The van der Waals surface area contributed by atoms with Crippen molar-refractivity contribution < 1.29 is 47.5 Å². The maximum Gasteiger partial charge on any atom is 0.193 e. The molecular formula is C37H39F2NO8. The molecule has 9 nitrogen and oxygen atoms in total. The van der Waals surface area contributed by atoms with Gasteiger partial charge in [-0.1, -0.05) is 37.3 Å². The molecule has 11 heteroatoms. The second kappa shape index (κ2) is 10.7. The van der Waals surface area contributed by atoms with Crippen LogP contribution in [0.4, 0.5) is 14.5 Å². The number of benzene rings is 2. The highest BCUT2D eigenvalue weighted by Gasteiger charge is 2.80. The number of hydrogen-bond donors (Lipinski definition) is 3. The predicted octanol–water partition coefficient (Wildman–Crippen LogP) is 4.43. The first-order chi connectivity index (χ1) is 22.9. The molecule has 1 saturated heterocycles. The summed E-state index contributed by atoms with van der Waals surface area (Å²) in [4.78, 5) is 25.9. The number of ether oxygens (including phenoxy) is 4. The van der Waals surface area contributed by atoms with Gasteiger partial charge in [0.1, 0.15) is 30.9 Å². The number of alkyl halides is 2. The first kappa shape index (κ1) is 31.6. The average molecular weight is 664 g/mol. The minimum Gasteiger partial charge on any atom is -0.491 e. The number of hydrogen-bond acceptors (Lipinski definition) is 9. The molecule has 2 aromatic rings. The number of carbonyl (C=O) groups excluding carboxylic acids is 2. The first-order valence-corrected chi connectivity index (χ1v) is 16.6. The summed E-state index contributed by atoms with van der Waals surface area (Å²) in [5.74, 6) is -1.28. The van der Waals surface area contributed by atoms with Gasteiger partial charge in [-0.3, -0.25) is 9.59 Å². The minimum absolute atomic E-state index is 0.0311. The summed E-state index contributed by atoms with van der Waals surface area (Å²) in [6.07, 6.45) is -0.837. The number of allylic oxidation sites excluding steroid dienone is 4. The van der Waals surface area contributed by atoms with E-state index in [1.54, 1.807) is 13.0 Å². The minimum atomic E-state index is -2.30. The molecule has 4 fully saturated rings. The molecule has 0 radical (unpaired) electrons. The molecule has 254 valence electrons. The van der Waals surface area contributed by atoms with E-state index >= 15 is 8.78 Å². The molecule has 3 saturated carbocycles. The molecule has 0 amide bonds. The number of rotatable bonds is 6. The average Bonchev–Trinajstić information content (AvgIpc) is 3.77. The number of fused-ring (bicyclic) bond motifs is 8. The van der Waals surface area contributed by atoms with E-state index in [1.807, 2.05) is 30.3 Å². The number of aliphatic hydroxyl groups excluding tert-OH is 2. The van der Waals surface area contributed by atoms with Gasteiger partial charge in [0.2, 0.25) is 0 Å². The lowest BCUT2D eigenvalue weighted by atomic mass is 9.44. The van der Waals surface area contributed by atoms with E-state index < -0.39 is 76.8 Å². The topological polar surface area (TPSA) is 138 Å². The highest BCUT2D eigenvalue weighted by molar-refractivity contribution is 6.01. The van der Waals surface area contributed by atoms with Gasteiger partial charge in [-0.15, -0.1) is 0 Å². The zero-order valence-corrected chi connectivity index (χ0v) is 26.8. The summed E-state index contributed by atoms with van der Waals surface area (Å²) in [5.41, 5.74) is 2.36. The summed E-state index contributed by atoms with van der Waals surface area (Å²) in [7, 11) is 0. The molecular weight excluding hydrogens is 624 g/mol. The standard InChI is InChI=1S/C37H39F2NO8/c1-34-11-9-21(42)13-25(34)26(38)14-24-23-15-31-37(30(44)17-41,35(23,2)16-29(43)36(24,34)39)48-33(47-31)20-5-3-19(4-6-20)18-46-28-8-7-27(40)32-22(28)10-12-45-32/h3-9,11,13,23-24,26,29,31,33,41,43H,10,12,14-18,40H2,1-2H3/t23-,24-,26-,29-,31+,33+,34-,35-,36-,37+/m0/s1. The zero-order chi connectivity index (χ0) is 33.8. The predicted molar refractivity (Wildman–Crippen MR) is 168 cm³/mol. The summed E-state index contributed by atoms with van der Waals surface area (Å²) < 4.78 is 58.2. The number of aliphatic hydroxyl groups is 2. The molecule has 2 aromatic carbocycles. The lowest BCUT2D eigenvalue weighted by molar-refractivity contribution is -0.235. The van der Waals surface area contributed by atoms with Crippen molar-refractivity contribution in [2.45, 2.75) is 82.1 Å². The van der Waals surface area contributed by atoms with E-state index in [4.69, 9.17) is 24.7 Å². The summed E-state index contributed by atoms with van der Waals surface area (Å²) >= 11 is 0. The van der Waals surface area contributed by atoms with E-state index in [0.29, 0.717) is 35.8 Å². The van der Waals surface area contributed by atoms with Crippen LogP contribution in [0.15, 0.2) is 60.2 Å². The summed E-state index contributed by atoms with van der Waals surface area (Å²) in [5, 5.41) is 21.9. The number of nitrogen functional groups attached to an aromatic ring is 1. The third kappa shape index (κ3) is 4.01. The van der Waals surface area contributed by atoms with Crippen LogP contribution >= 0.6 is 0 Å². The second-order valence-corrected chi connectivity index (χ2v) is 14.6. The Morgan fingerprint density at radius 3 is 2.65 bits per heavy atom. The van der Waals surface area contributed by atoms with Crippen molar-refractivity contribution in [1.29, 1.82) is 0 Å². The van der Waals surface area contributed by atoms with Crippen molar-refractivity contribution in [2.24, 2.45) is 22.7 Å². The molecule has 2 aliphatic heterocycles. The van der Waals surface area contributed by atoms with Crippen molar-refractivity contribution in [3.8, 4) is 11.5 Å². The Morgan fingerprint density at radius 1 is 1.12 bits per heavy atom. The third-order valence-electron chi connectivity index (χ3n) is 12.4. The van der Waals surface area contributed by atoms with E-state index in [0.717, 1.165) is 17.2 Å². The Bertz CT molecular complexity index is 1760. The lowest BCUT2D eigenvalue weighted by Gasteiger charge is -2.63. The van der Waals surface area contributed by atoms with E-state index in [2.05, 4.69) is 0 Å². The van der Waals surface area contributed by atoms with Gasteiger partial charge in [0.05, 0.1) is 24.5 Å². The molecule has 6 aliphatic rings. The van der Waals surface area contributed by atoms with Crippen LogP contribution in [0.25, 0.3) is 0 Å². The van der Waals surface area contributed by atoms with Crippen molar-refractivity contribution in [2.75, 3.05) is 18.9 Å². The largest absolute Gasteiger partial charge is 0.491 e. The molecule has 4 aliphatic carbocycles. The number of carbonyl (C=O) groups is 2. The SMILES string of the molecule is C[C@]12C=CC(=O)C=C1[C@@H](F)C[C@H]1[C@@H]3C[C@H]4O[C@@H](c5ccc(COc6ccc(N)c7c6CCO7)cc5)O[C@@]4(C(=O)CO)[C@@]3(C)C[C@H](O)[C@@]12F. The Labute approximate surface area is 276 Å². The molecule has 10 atom stereocenters. The van der Waals surface area contributed by atoms with Crippen molar-refractivity contribution in [3.63, 3.8) is 0 Å². The fraction of sp³-hybridized carbons (Fsp3) is 0.514. The molecule has 0 aromatic heterocycles. The van der Waals surface area contributed by atoms with Gasteiger partial charge in [-0.25, -0.2) is 8.78 Å². The molecule has 8 rings (SSSR count). The van der Waals surface area contributed by atoms with Crippen LogP contribution in [0.3, 0.4) is 0 Å². The number of Topliss-reactive ketones (excluding diaryl/α,β-unsaturated/α-hetero) is 1. The van der Waals surface area contributed by atoms with Crippen LogP contribution in [0.1, 0.15) is 56.1 Å². The monoisotopic (exact) mass is 663 g/mol. The zero-order valence-electron chi connectivity index (χ0n) is 26.8. The van der Waals surface area contributed by atoms with E-state index in [9.17, 15) is 19.8 Å². The van der Waals surface area contributed by atoms with Crippen molar-refractivity contribution >= 4 is 17.3 Å². The Balaban J connectivity index is 1.06. The Kier molecular flexibility index (Phi) is 7.03. The maximum absolute atomic E-state index is 17.6. The van der Waals surface area contributed by atoms with Crippen molar-refractivity contribution in [3.05, 3.63) is 76.9 Å². The Hall–Kier alpha value is -3.64. The van der Waals surface area contributed by atoms with Crippen LogP contribution in [0.5, 0.6) is 11.5 Å². The van der Waals surface area contributed by atoms with Crippen LogP contribution in [-0.4, -0.2) is 64.6 Å². The third-order valence-corrected chi connectivity index (χ3v) is 12.4. The van der Waals surface area contributed by atoms with Crippen LogP contribution in [0.2, 0.25) is 0 Å². The van der Waals surface area contributed by atoms with Gasteiger partial charge >= 0.3 is 0 Å². The quantitative estimate of drug-likeness (QED) is 0.384. The lowest BCUT2D eigenvalue weighted by Crippen LogP contribution is -2.70. The van der Waals surface area contributed by atoms with E-state index in [-0.39, 0.29) is 31.4 Å². The second-order valence-electron chi connectivity index (χ2n) is 14.6. The first-order valence-electron chi connectivity index (χ1n) is 16.6. The van der Waals surface area contributed by atoms with Gasteiger partial charge in [-0.05, 0) is 67.5 Å². The number of halogens is 2. The number of anilines is 1. The summed E-state index contributed by atoms with van der Waals surface area (Å²) in [6.45, 7) is 3.30. The summed E-state index contributed by atoms with van der Waals surface area (Å²) in [6, 6.07) is 11.0. The van der Waals surface area contributed by atoms with E-state index in [1.165, 1.54) is 19.1 Å². The molecule has 2 heterocycles. The molecule has 0 bridgehead atoms. The van der Waals surface area contributed by atoms with Crippen LogP contribution in [-0.2, 0) is 32.1 Å². The van der Waals surface area contributed by atoms with Gasteiger partial charge in [0.15, 0.2) is 29.1 Å². The highest BCUT2D eigenvalue weighted by Crippen LogP contribution is 2.72. The van der Waals surface area contributed by atoms with Gasteiger partial charge < -0.3 is 34.9 Å². The Morgan fingerprint density at radius 2 is 1.90 bits per heavy atom. The normalized spacial score (nSPS) is 40.6. The molecule has 4 N–H and O–H groups in total. The van der Waals surface area contributed by atoms with Crippen molar-refractivity contribution in [1.82, 2.24) is 0 Å². The van der Waals surface area contributed by atoms with Gasteiger partial charge in [0, 0.05) is 34.3 Å². The maximum atomic E-state index is 17.6. The fourth-order valence-electron chi connectivity index (χ4n) is 10.1. The highest BCUT2D eigenvalue weighted by atomic mass is 19.1. The van der Waals surface area contributed by atoms with Crippen LogP contribution in [0, 0.1) is 22.7 Å². The molecule has 0 spiro atoms. The van der Waals surface area contributed by atoms with Gasteiger partial charge in [-0.2, -0.15) is 0 Å². The van der Waals surface area contributed by atoms with Crippen LogP contribution < -0.4 is 15.2 Å². The number of nitrogens with two attached hydrogens (primary N) is 1. The molecule has 48 heavy (non-hydrogen) atoms. The smallest absolute Gasteiger partial charge is 0.193 e.